The van der Waals surface area contributed by atoms with Gasteiger partial charge < -0.3 is 9.47 Å². The zero-order chi connectivity index (χ0) is 12.4. The summed E-state index contributed by atoms with van der Waals surface area (Å²) in [5, 5.41) is 0. The smallest absolute Gasteiger partial charge is 0.170 e. The van der Waals surface area contributed by atoms with Gasteiger partial charge in [-0.15, -0.1) is 0 Å². The lowest BCUT2D eigenvalue weighted by atomic mass is 10.0. The Kier molecular flexibility index (Phi) is 3.71. The molecule has 2 aliphatic heterocycles. The van der Waals surface area contributed by atoms with E-state index < -0.39 is 0 Å². The van der Waals surface area contributed by atoms with Crippen molar-refractivity contribution in [2.24, 2.45) is 0 Å². The second kappa shape index (κ2) is 5.29. The molecule has 1 aromatic carbocycles. The topological polar surface area (TPSA) is 21.7 Å². The number of ether oxygens (including phenoxy) is 2. The Balaban J connectivity index is 1.57. The van der Waals surface area contributed by atoms with Gasteiger partial charge in [0.25, 0.3) is 0 Å². The SMILES string of the molecule is Brc1cccc(CN2CCC3(CC2)OCCO3)c1. The van der Waals surface area contributed by atoms with Crippen molar-refractivity contribution < 1.29 is 9.47 Å². The zero-order valence-corrected chi connectivity index (χ0v) is 12.0. The molecule has 0 aromatic heterocycles. The largest absolute Gasteiger partial charge is 0.347 e. The molecule has 3 nitrogen and oxygen atoms in total. The lowest BCUT2D eigenvalue weighted by Gasteiger charge is -2.37. The van der Waals surface area contributed by atoms with E-state index >= 15 is 0 Å². The summed E-state index contributed by atoms with van der Waals surface area (Å²) in [7, 11) is 0. The fourth-order valence-corrected chi connectivity index (χ4v) is 3.18. The van der Waals surface area contributed by atoms with Crippen molar-refractivity contribution in [1.29, 1.82) is 0 Å². The van der Waals surface area contributed by atoms with E-state index in [2.05, 4.69) is 45.1 Å². The molecular formula is C14H18BrNO2. The minimum Gasteiger partial charge on any atom is -0.347 e. The number of hydrogen-bond acceptors (Lipinski definition) is 3. The van der Waals surface area contributed by atoms with E-state index in [1.54, 1.807) is 0 Å². The van der Waals surface area contributed by atoms with Gasteiger partial charge in [0, 0.05) is 36.9 Å². The first-order valence-electron chi connectivity index (χ1n) is 6.51. The van der Waals surface area contributed by atoms with Crippen molar-refractivity contribution in [1.82, 2.24) is 4.90 Å². The maximum Gasteiger partial charge on any atom is 0.170 e. The lowest BCUT2D eigenvalue weighted by molar-refractivity contribution is -0.185. The van der Waals surface area contributed by atoms with Crippen LogP contribution in [0, 0.1) is 0 Å². The van der Waals surface area contributed by atoms with E-state index in [0.29, 0.717) is 0 Å². The van der Waals surface area contributed by atoms with E-state index in [1.165, 1.54) is 5.56 Å². The first kappa shape index (κ1) is 12.6. The second-order valence-corrected chi connectivity index (χ2v) is 5.93. The molecule has 0 aliphatic carbocycles. The molecule has 0 saturated carbocycles. The van der Waals surface area contributed by atoms with Crippen molar-refractivity contribution in [3.05, 3.63) is 34.3 Å². The molecule has 98 valence electrons. The zero-order valence-electron chi connectivity index (χ0n) is 10.4. The Bertz CT molecular complexity index is 408. The third-order valence-corrected chi connectivity index (χ3v) is 4.22. The average Bonchev–Trinajstić information content (AvgIpc) is 2.81. The first-order chi connectivity index (χ1) is 8.76. The molecular weight excluding hydrogens is 294 g/mol. The van der Waals surface area contributed by atoms with Gasteiger partial charge in [0.2, 0.25) is 0 Å². The number of nitrogens with zero attached hydrogens (tertiary/aromatic N) is 1. The molecule has 2 heterocycles. The molecule has 0 N–H and O–H groups in total. The van der Waals surface area contributed by atoms with Crippen molar-refractivity contribution >= 4 is 15.9 Å². The summed E-state index contributed by atoms with van der Waals surface area (Å²) in [5.74, 6) is -0.256. The van der Waals surface area contributed by atoms with Crippen molar-refractivity contribution in [3.8, 4) is 0 Å². The van der Waals surface area contributed by atoms with Crippen molar-refractivity contribution in [2.75, 3.05) is 26.3 Å². The lowest BCUT2D eigenvalue weighted by Crippen LogP contribution is -2.44. The van der Waals surface area contributed by atoms with Crippen molar-refractivity contribution in [2.45, 2.75) is 25.2 Å². The minimum atomic E-state index is -0.256. The van der Waals surface area contributed by atoms with Gasteiger partial charge in [0.05, 0.1) is 13.2 Å². The van der Waals surface area contributed by atoms with Crippen LogP contribution in [0.4, 0.5) is 0 Å². The summed E-state index contributed by atoms with van der Waals surface area (Å²) in [6.07, 6.45) is 1.97. The third kappa shape index (κ3) is 2.77. The Hall–Kier alpha value is -0.420. The average molecular weight is 312 g/mol. The van der Waals surface area contributed by atoms with Crippen LogP contribution >= 0.6 is 15.9 Å². The van der Waals surface area contributed by atoms with Gasteiger partial charge in [-0.25, -0.2) is 0 Å². The molecule has 1 spiro atoms. The molecule has 2 fully saturated rings. The van der Waals surface area contributed by atoms with Crippen LogP contribution in [0.15, 0.2) is 28.7 Å². The number of benzene rings is 1. The van der Waals surface area contributed by atoms with E-state index in [4.69, 9.17) is 9.47 Å². The predicted molar refractivity (Wildman–Crippen MR) is 73.3 cm³/mol. The summed E-state index contributed by atoms with van der Waals surface area (Å²) in [5.41, 5.74) is 1.36. The molecule has 3 rings (SSSR count). The normalized spacial score (nSPS) is 23.6. The number of rotatable bonds is 2. The van der Waals surface area contributed by atoms with Gasteiger partial charge in [-0.3, -0.25) is 4.90 Å². The summed E-state index contributed by atoms with van der Waals surface area (Å²) >= 11 is 3.52. The van der Waals surface area contributed by atoms with Gasteiger partial charge in [-0.2, -0.15) is 0 Å². The quantitative estimate of drug-likeness (QED) is 0.838. The molecule has 0 amide bonds. The van der Waals surface area contributed by atoms with Crippen molar-refractivity contribution in [3.63, 3.8) is 0 Å². The molecule has 1 aromatic rings. The van der Waals surface area contributed by atoms with E-state index in [0.717, 1.165) is 50.2 Å². The fraction of sp³-hybridized carbons (Fsp3) is 0.571. The van der Waals surface area contributed by atoms with Crippen LogP contribution in [0.25, 0.3) is 0 Å². The van der Waals surface area contributed by atoms with Gasteiger partial charge in [-0.05, 0) is 17.7 Å². The third-order valence-electron chi connectivity index (χ3n) is 3.73. The molecule has 0 unspecified atom stereocenters. The van der Waals surface area contributed by atoms with Crippen LogP contribution in [0.3, 0.4) is 0 Å². The highest BCUT2D eigenvalue weighted by molar-refractivity contribution is 9.10. The summed E-state index contributed by atoms with van der Waals surface area (Å²) in [4.78, 5) is 2.47. The van der Waals surface area contributed by atoms with Crippen LogP contribution in [0.1, 0.15) is 18.4 Å². The maximum atomic E-state index is 5.74. The maximum absolute atomic E-state index is 5.74. The number of likely N-dealkylation sites (tertiary alicyclic amines) is 1. The minimum absolute atomic E-state index is 0.256. The molecule has 0 atom stereocenters. The molecule has 4 heteroatoms. The Labute approximate surface area is 116 Å². The molecule has 2 aliphatic rings. The van der Waals surface area contributed by atoms with Crippen LogP contribution in [-0.2, 0) is 16.0 Å². The van der Waals surface area contributed by atoms with Gasteiger partial charge in [0.1, 0.15) is 0 Å². The highest BCUT2D eigenvalue weighted by Crippen LogP contribution is 2.31. The summed E-state index contributed by atoms with van der Waals surface area (Å²) in [6, 6.07) is 8.52. The molecule has 18 heavy (non-hydrogen) atoms. The van der Waals surface area contributed by atoms with Gasteiger partial charge in [0.15, 0.2) is 5.79 Å². The monoisotopic (exact) mass is 311 g/mol. The summed E-state index contributed by atoms with van der Waals surface area (Å²) in [6.45, 7) is 4.62. The van der Waals surface area contributed by atoms with Crippen LogP contribution < -0.4 is 0 Å². The number of halogens is 1. The highest BCUT2D eigenvalue weighted by Gasteiger charge is 2.39. The van der Waals surface area contributed by atoms with Gasteiger partial charge in [-0.1, -0.05) is 28.1 Å². The first-order valence-corrected chi connectivity index (χ1v) is 7.30. The highest BCUT2D eigenvalue weighted by atomic mass is 79.9. The van der Waals surface area contributed by atoms with Crippen LogP contribution in [0.5, 0.6) is 0 Å². The predicted octanol–water partition coefficient (Wildman–Crippen LogP) is 2.79. The second-order valence-electron chi connectivity index (χ2n) is 5.01. The van der Waals surface area contributed by atoms with Crippen LogP contribution in [0.2, 0.25) is 0 Å². The molecule has 0 radical (unpaired) electrons. The Morgan fingerprint density at radius 1 is 1.17 bits per heavy atom. The Morgan fingerprint density at radius 2 is 1.89 bits per heavy atom. The summed E-state index contributed by atoms with van der Waals surface area (Å²) < 4.78 is 12.6. The van der Waals surface area contributed by atoms with Gasteiger partial charge >= 0.3 is 0 Å². The Morgan fingerprint density at radius 3 is 2.56 bits per heavy atom. The van der Waals surface area contributed by atoms with Crippen LogP contribution in [-0.4, -0.2) is 37.0 Å². The standard InChI is InChI=1S/C14H18BrNO2/c15-13-3-1-2-12(10-13)11-16-6-4-14(5-7-16)17-8-9-18-14/h1-3,10H,4-9,11H2. The van der Waals surface area contributed by atoms with E-state index in [-0.39, 0.29) is 5.79 Å². The number of hydrogen-bond donors (Lipinski definition) is 0. The number of piperidine rings is 1. The van der Waals surface area contributed by atoms with E-state index in [1.807, 2.05) is 0 Å². The fourth-order valence-electron chi connectivity index (χ4n) is 2.73. The molecule has 2 saturated heterocycles. The molecule has 0 bridgehead atoms. The van der Waals surface area contributed by atoms with E-state index in [9.17, 15) is 0 Å².